The van der Waals surface area contributed by atoms with Crippen LogP contribution in [0.3, 0.4) is 0 Å². The van der Waals surface area contributed by atoms with E-state index in [0.717, 1.165) is 125 Å². The Kier molecular flexibility index (Phi) is 17.7. The summed E-state index contributed by atoms with van der Waals surface area (Å²) in [6.07, 6.45) is 17.7. The molecule has 3 aromatic carbocycles. The molecule has 3 atom stereocenters. The topological polar surface area (TPSA) is 226 Å². The number of nitrogens with two attached hydrogens (primary N) is 2. The van der Waals surface area contributed by atoms with Crippen LogP contribution in [0.1, 0.15) is 98.5 Å². The molecule has 7 N–H and O–H groups in total. The molecule has 20 nitrogen and oxygen atoms in total. The number of amides is 3. The summed E-state index contributed by atoms with van der Waals surface area (Å²) >= 11 is 0. The average molecular weight is 1140 g/mol. The molecular weight excluding hydrogens is 1060 g/mol. The van der Waals surface area contributed by atoms with E-state index in [9.17, 15) is 14.4 Å². The van der Waals surface area contributed by atoms with Gasteiger partial charge in [-0.3, -0.25) is 19.0 Å². The summed E-state index contributed by atoms with van der Waals surface area (Å²) in [7, 11) is 0. The molecule has 84 heavy (non-hydrogen) atoms. The van der Waals surface area contributed by atoms with Gasteiger partial charge in [-0.2, -0.15) is 10.2 Å². The van der Waals surface area contributed by atoms with Gasteiger partial charge in [0, 0.05) is 129 Å². The predicted octanol–water partition coefficient (Wildman–Crippen LogP) is 8.31. The van der Waals surface area contributed by atoms with Crippen molar-refractivity contribution in [2.24, 2.45) is 5.73 Å². The molecule has 20 heteroatoms. The van der Waals surface area contributed by atoms with Gasteiger partial charge in [0.25, 0.3) is 11.8 Å². The van der Waals surface area contributed by atoms with Crippen LogP contribution in [0.25, 0.3) is 22.3 Å². The Morgan fingerprint density at radius 3 is 1.75 bits per heavy atom. The Morgan fingerprint density at radius 1 is 0.619 bits per heavy atom. The summed E-state index contributed by atoms with van der Waals surface area (Å²) in [6, 6.07) is 36.0. The number of piperidine rings is 2. The first-order valence-electron chi connectivity index (χ1n) is 29.8. The molecule has 5 fully saturated rings. The van der Waals surface area contributed by atoms with E-state index in [4.69, 9.17) is 16.2 Å². The van der Waals surface area contributed by atoms with Crippen molar-refractivity contribution in [2.45, 2.75) is 102 Å². The molecule has 0 saturated carbocycles. The van der Waals surface area contributed by atoms with Crippen LogP contribution in [0, 0.1) is 0 Å². The fourth-order valence-corrected chi connectivity index (χ4v) is 12.1. The van der Waals surface area contributed by atoms with Crippen LogP contribution in [0.15, 0.2) is 140 Å². The van der Waals surface area contributed by atoms with Crippen molar-refractivity contribution < 1.29 is 19.1 Å². The summed E-state index contributed by atoms with van der Waals surface area (Å²) < 4.78 is 9.51. The van der Waals surface area contributed by atoms with Gasteiger partial charge in [0.2, 0.25) is 0 Å². The molecule has 13 rings (SSSR count). The van der Waals surface area contributed by atoms with E-state index >= 15 is 0 Å². The summed E-state index contributed by atoms with van der Waals surface area (Å²) in [6.45, 7) is 15.0. The van der Waals surface area contributed by atoms with Crippen molar-refractivity contribution >= 4 is 46.6 Å². The maximum atomic E-state index is 13.5. The van der Waals surface area contributed by atoms with Gasteiger partial charge in [-0.15, -0.1) is 0 Å². The van der Waals surface area contributed by atoms with Crippen molar-refractivity contribution in [3.05, 3.63) is 151 Å². The molecule has 440 valence electrons. The molecule has 0 spiro atoms. The molecule has 10 heterocycles. The van der Waals surface area contributed by atoms with Crippen molar-refractivity contribution in [1.82, 2.24) is 50.0 Å². The maximum Gasteiger partial charge on any atom is 0.410 e. The zero-order valence-corrected chi connectivity index (χ0v) is 48.6. The second-order valence-corrected chi connectivity index (χ2v) is 23.8. The Hall–Kier alpha value is -8.49. The number of fused-ring (bicyclic) bond motifs is 1. The molecule has 3 amide bonds. The van der Waals surface area contributed by atoms with Gasteiger partial charge in [-0.25, -0.2) is 14.8 Å². The molecular formula is C64H80N16O4. The first-order chi connectivity index (χ1) is 40.8. The zero-order valence-electron chi connectivity index (χ0n) is 48.6. The van der Waals surface area contributed by atoms with Crippen molar-refractivity contribution in [3.63, 3.8) is 0 Å². The molecule has 3 unspecified atom stereocenters. The highest BCUT2D eigenvalue weighted by atomic mass is 16.6. The lowest BCUT2D eigenvalue weighted by Gasteiger charge is -2.34. The molecule has 7 aromatic rings. The molecule has 6 aliphatic rings. The number of nitrogen functional groups attached to an aromatic ring is 1. The number of likely N-dealkylation sites (tertiary alicyclic amines) is 1. The smallest absolute Gasteiger partial charge is 0.410 e. The van der Waals surface area contributed by atoms with E-state index in [1.165, 1.54) is 11.4 Å². The quantitative estimate of drug-likeness (QED) is 0.0868. The summed E-state index contributed by atoms with van der Waals surface area (Å²) in [4.78, 5) is 58.6. The predicted molar refractivity (Wildman–Crippen MR) is 330 cm³/mol. The second-order valence-electron chi connectivity index (χ2n) is 23.8. The first-order valence-corrected chi connectivity index (χ1v) is 29.8. The largest absolute Gasteiger partial charge is 0.444 e. The third kappa shape index (κ3) is 13.9. The normalized spacial score (nSPS) is 20.1. The number of hydrogen-bond donors (Lipinski definition) is 5. The highest BCUT2D eigenvalue weighted by Crippen LogP contribution is 2.33. The first kappa shape index (κ1) is 57.3. The van der Waals surface area contributed by atoms with Crippen molar-refractivity contribution in [2.75, 3.05) is 97.9 Å². The Bertz CT molecular complexity index is 3320. The number of carbonyl (C=O) groups is 3. The highest BCUT2D eigenvalue weighted by molar-refractivity contribution is 6.02. The minimum absolute atomic E-state index is 0.0371. The minimum Gasteiger partial charge on any atom is -0.444 e. The summed E-state index contributed by atoms with van der Waals surface area (Å²) in [5, 5.41) is 19.1. The van der Waals surface area contributed by atoms with Gasteiger partial charge in [-0.1, -0.05) is 54.6 Å². The number of nitrogens with one attached hydrogen (secondary N) is 3. The monoisotopic (exact) mass is 1140 g/mol. The van der Waals surface area contributed by atoms with E-state index in [2.05, 4.69) is 122 Å². The zero-order chi connectivity index (χ0) is 58.2. The van der Waals surface area contributed by atoms with Gasteiger partial charge >= 0.3 is 6.09 Å². The number of hydrogen-bond acceptors (Lipinski definition) is 15. The van der Waals surface area contributed by atoms with E-state index in [1.807, 2.05) is 85.3 Å². The van der Waals surface area contributed by atoms with Crippen molar-refractivity contribution in [3.8, 4) is 22.3 Å². The molecule has 0 aliphatic carbocycles. The standard InChI is InChI=1S/C29H37N7O3.C25H29N7O.C10H14N2/c1-29(2,3)39-28(38)34-13-10-24(11-14-34)36-18-21(17-32-36)20-15-25(26(30)31-16-20)27(37)33-22-9-12-35(19-22)23-7-5-4-6-8-23;33-25-23-12-18(19-14-29-32(15-19)21-6-9-26-10-7-21)13-27-24(23)28-17-31(25)22-8-11-30(16-22)20-4-2-1-3-5-20;11-9-6-7-12(8-9)10-4-2-1-3-5-10/h4-8,15-18,22,24H,9-14,19H2,1-3H3,(H2,30,31)(H,33,37);1-5,12-15,21-22,26H,6-11,16-17H2,(H,27,28);1-5,9H,6-8,11H2. The summed E-state index contributed by atoms with van der Waals surface area (Å²) in [5.74, 6) is 0.715. The Balaban J connectivity index is 0.000000147. The van der Waals surface area contributed by atoms with E-state index in [-0.39, 0.29) is 41.9 Å². The van der Waals surface area contributed by atoms with Crippen LogP contribution in [0.5, 0.6) is 0 Å². The van der Waals surface area contributed by atoms with Crippen LogP contribution in [-0.4, -0.2) is 153 Å². The molecule has 0 bridgehead atoms. The average Bonchev–Trinajstić information content (AvgIpc) is 3.46. The molecule has 4 aromatic heterocycles. The van der Waals surface area contributed by atoms with E-state index < -0.39 is 5.60 Å². The van der Waals surface area contributed by atoms with Gasteiger partial charge in [-0.05, 0) is 127 Å². The minimum atomic E-state index is -0.507. The van der Waals surface area contributed by atoms with Crippen LogP contribution in [0.2, 0.25) is 0 Å². The number of aromatic nitrogens is 6. The number of carbonyl (C=O) groups excluding carboxylic acids is 3. The van der Waals surface area contributed by atoms with Crippen LogP contribution in [0.4, 0.5) is 33.5 Å². The van der Waals surface area contributed by atoms with Gasteiger partial charge in [0.05, 0.1) is 48.3 Å². The lowest BCUT2D eigenvalue weighted by molar-refractivity contribution is 0.0184. The van der Waals surface area contributed by atoms with E-state index in [1.54, 1.807) is 23.4 Å². The number of para-hydroxylation sites is 3. The van der Waals surface area contributed by atoms with Crippen LogP contribution < -0.4 is 42.1 Å². The number of anilines is 5. The van der Waals surface area contributed by atoms with E-state index in [0.29, 0.717) is 48.8 Å². The Labute approximate surface area is 492 Å². The number of nitrogens with zero attached hydrogens (tertiary/aromatic N) is 11. The summed E-state index contributed by atoms with van der Waals surface area (Å²) in [5.41, 5.74) is 19.7. The third-order valence-corrected chi connectivity index (χ3v) is 16.7. The fourth-order valence-electron chi connectivity index (χ4n) is 12.1. The van der Waals surface area contributed by atoms with Crippen LogP contribution in [-0.2, 0) is 4.74 Å². The van der Waals surface area contributed by atoms with Gasteiger partial charge in [0.1, 0.15) is 17.2 Å². The van der Waals surface area contributed by atoms with Gasteiger partial charge < -0.3 is 56.7 Å². The fraction of sp³-hybridized carbons (Fsp3) is 0.422. The number of benzene rings is 3. The maximum absolute atomic E-state index is 13.5. The number of pyridine rings is 2. The lowest BCUT2D eigenvalue weighted by atomic mass is 10.1. The molecule has 5 saturated heterocycles. The lowest BCUT2D eigenvalue weighted by Crippen LogP contribution is -2.47. The van der Waals surface area contributed by atoms with Crippen molar-refractivity contribution in [1.29, 1.82) is 0 Å². The molecule has 6 aliphatic heterocycles. The highest BCUT2D eigenvalue weighted by Gasteiger charge is 2.36. The van der Waals surface area contributed by atoms with Gasteiger partial charge in [0.15, 0.2) is 0 Å². The Morgan fingerprint density at radius 2 is 1.15 bits per heavy atom. The molecule has 0 radical (unpaired) electrons. The third-order valence-electron chi connectivity index (χ3n) is 16.7. The SMILES string of the molecule is CC(C)(C)OC(=O)N1CCC(n2cc(-c3cnc(N)c(C(=O)NC4CCN(c5ccccc5)C4)c3)cn2)CC1.NC1CCN(c2ccccc2)C1.O=C1c2cc(-c3cnn(C4CCNCC4)c3)cnc2NCN1C1CCN(c2ccccc2)C1. The number of rotatable bonds is 10. The second kappa shape index (κ2) is 26.0. The number of ether oxygens (including phenoxy) is 1. The van der Waals surface area contributed by atoms with Crippen LogP contribution >= 0.6 is 0 Å².